The summed E-state index contributed by atoms with van der Waals surface area (Å²) in [7, 11) is -4.23. The van der Waals surface area contributed by atoms with E-state index in [0.29, 0.717) is 6.07 Å². The molecular weight excluding hydrogens is 463 g/mol. The van der Waals surface area contributed by atoms with Gasteiger partial charge in [-0.25, -0.2) is 8.42 Å². The molecule has 8 nitrogen and oxygen atoms in total. The topological polar surface area (TPSA) is 125 Å². The summed E-state index contributed by atoms with van der Waals surface area (Å²) in [5.74, 6) is -1.83. The van der Waals surface area contributed by atoms with E-state index in [1.165, 1.54) is 30.3 Å². The number of amides is 2. The van der Waals surface area contributed by atoms with Crippen molar-refractivity contribution in [3.63, 3.8) is 0 Å². The lowest BCUT2D eigenvalue weighted by Gasteiger charge is -2.12. The maximum atomic E-state index is 12.8. The summed E-state index contributed by atoms with van der Waals surface area (Å²) in [6.45, 7) is 0. The predicted molar refractivity (Wildman–Crippen MR) is 112 cm³/mol. The van der Waals surface area contributed by atoms with Crippen LogP contribution in [0.15, 0.2) is 77.7 Å². The Balaban J connectivity index is 1.67. The number of sulfonamides is 1. The molecular formula is C21H16F3N3O5S. The summed E-state index contributed by atoms with van der Waals surface area (Å²) >= 11 is 0. The number of alkyl halides is 3. The third-order valence-corrected chi connectivity index (χ3v) is 5.70. The highest BCUT2D eigenvalue weighted by molar-refractivity contribution is 7.92. The van der Waals surface area contributed by atoms with Crippen LogP contribution in [0.1, 0.15) is 26.3 Å². The third kappa shape index (κ3) is 5.80. The molecule has 0 aromatic heterocycles. The highest BCUT2D eigenvalue weighted by Gasteiger charge is 2.30. The highest BCUT2D eigenvalue weighted by Crippen LogP contribution is 2.31. The average molecular weight is 479 g/mol. The van der Waals surface area contributed by atoms with E-state index in [-0.39, 0.29) is 27.5 Å². The number of carbonyl (C=O) groups excluding carboxylic acids is 2. The van der Waals surface area contributed by atoms with Crippen molar-refractivity contribution in [1.29, 1.82) is 0 Å². The van der Waals surface area contributed by atoms with Crippen LogP contribution in [0.3, 0.4) is 0 Å². The minimum Gasteiger partial charge on any atom is -0.507 e. The van der Waals surface area contributed by atoms with Crippen LogP contribution >= 0.6 is 0 Å². The van der Waals surface area contributed by atoms with Gasteiger partial charge in [-0.05, 0) is 54.6 Å². The third-order valence-electron chi connectivity index (χ3n) is 4.31. The lowest BCUT2D eigenvalue weighted by atomic mass is 10.2. The molecule has 0 spiro atoms. The maximum Gasteiger partial charge on any atom is 0.416 e. The number of hydrogen-bond donors (Lipinski definition) is 4. The number of anilines is 1. The summed E-state index contributed by atoms with van der Waals surface area (Å²) in [6, 6.07) is 13.8. The van der Waals surface area contributed by atoms with E-state index >= 15 is 0 Å². The number of hydrogen-bond acceptors (Lipinski definition) is 5. The van der Waals surface area contributed by atoms with Crippen molar-refractivity contribution in [2.24, 2.45) is 0 Å². The smallest absolute Gasteiger partial charge is 0.416 e. The first-order valence-corrected chi connectivity index (χ1v) is 10.6. The molecule has 4 N–H and O–H groups in total. The largest absolute Gasteiger partial charge is 0.507 e. The number of phenolic OH excluding ortho intramolecular Hbond substituents is 1. The minimum atomic E-state index is -4.63. The molecule has 172 valence electrons. The molecule has 3 aromatic rings. The monoisotopic (exact) mass is 479 g/mol. The Bertz CT molecular complexity index is 1290. The van der Waals surface area contributed by atoms with Crippen molar-refractivity contribution in [3.8, 4) is 5.75 Å². The molecule has 0 aliphatic carbocycles. The highest BCUT2D eigenvalue weighted by atomic mass is 32.2. The summed E-state index contributed by atoms with van der Waals surface area (Å²) in [5.41, 5.74) is 2.86. The van der Waals surface area contributed by atoms with Crippen LogP contribution in [0.25, 0.3) is 0 Å². The summed E-state index contributed by atoms with van der Waals surface area (Å²) in [6.07, 6.45) is -4.63. The Kier molecular flexibility index (Phi) is 6.58. The van der Waals surface area contributed by atoms with Gasteiger partial charge in [0.05, 0.1) is 16.0 Å². The lowest BCUT2D eigenvalue weighted by Crippen LogP contribution is -2.41. The second kappa shape index (κ2) is 9.20. The van der Waals surface area contributed by atoms with Gasteiger partial charge in [0.15, 0.2) is 0 Å². The molecule has 0 atom stereocenters. The molecule has 0 heterocycles. The molecule has 0 saturated heterocycles. The fraction of sp³-hybridized carbons (Fsp3) is 0.0476. The Morgan fingerprint density at radius 3 is 2.09 bits per heavy atom. The van der Waals surface area contributed by atoms with Crippen molar-refractivity contribution in [1.82, 2.24) is 10.9 Å². The zero-order valence-electron chi connectivity index (χ0n) is 16.6. The fourth-order valence-electron chi connectivity index (χ4n) is 2.68. The van der Waals surface area contributed by atoms with E-state index in [1.807, 2.05) is 0 Å². The number of phenols is 1. The Morgan fingerprint density at radius 1 is 0.818 bits per heavy atom. The Morgan fingerprint density at radius 2 is 1.45 bits per heavy atom. The maximum absolute atomic E-state index is 12.8. The molecule has 0 fully saturated rings. The number of hydrazine groups is 1. The number of nitrogens with one attached hydrogen (secondary N) is 3. The Labute approximate surface area is 186 Å². The van der Waals surface area contributed by atoms with E-state index in [2.05, 4.69) is 15.6 Å². The number of benzene rings is 3. The van der Waals surface area contributed by atoms with E-state index in [4.69, 9.17) is 0 Å². The van der Waals surface area contributed by atoms with Gasteiger partial charge in [-0.15, -0.1) is 0 Å². The lowest BCUT2D eigenvalue weighted by molar-refractivity contribution is -0.137. The van der Waals surface area contributed by atoms with Crippen LogP contribution in [0.5, 0.6) is 5.75 Å². The molecule has 0 unspecified atom stereocenters. The summed E-state index contributed by atoms with van der Waals surface area (Å²) in [5, 5.41) is 9.64. The zero-order chi connectivity index (χ0) is 24.2. The van der Waals surface area contributed by atoms with E-state index in [0.717, 1.165) is 36.4 Å². The second-order valence-corrected chi connectivity index (χ2v) is 8.32. The number of carbonyl (C=O) groups is 2. The molecule has 0 bridgehead atoms. The van der Waals surface area contributed by atoms with E-state index in [1.54, 1.807) is 0 Å². The summed E-state index contributed by atoms with van der Waals surface area (Å²) < 4.78 is 65.5. The number of halogens is 3. The minimum absolute atomic E-state index is 0.00870. The van der Waals surface area contributed by atoms with Gasteiger partial charge in [0.1, 0.15) is 5.75 Å². The second-order valence-electron chi connectivity index (χ2n) is 6.63. The van der Waals surface area contributed by atoms with Crippen LogP contribution < -0.4 is 15.6 Å². The molecule has 0 saturated carbocycles. The SMILES string of the molecule is O=C(NNC(=O)c1ccccc1O)c1ccc(S(=O)(=O)Nc2cccc(C(F)(F)F)c2)cc1. The van der Waals surface area contributed by atoms with Gasteiger partial charge in [0, 0.05) is 11.3 Å². The average Bonchev–Trinajstić information content (AvgIpc) is 2.77. The molecule has 33 heavy (non-hydrogen) atoms. The van der Waals surface area contributed by atoms with Crippen molar-refractivity contribution < 1.29 is 36.3 Å². The van der Waals surface area contributed by atoms with Crippen LogP contribution in [0.2, 0.25) is 0 Å². The fourth-order valence-corrected chi connectivity index (χ4v) is 3.73. The first-order chi connectivity index (χ1) is 15.5. The first kappa shape index (κ1) is 23.6. The zero-order valence-corrected chi connectivity index (χ0v) is 17.4. The van der Waals surface area contributed by atoms with Crippen LogP contribution in [0, 0.1) is 0 Å². The van der Waals surface area contributed by atoms with Gasteiger partial charge in [-0.3, -0.25) is 25.2 Å². The van der Waals surface area contributed by atoms with Crippen molar-refractivity contribution in [3.05, 3.63) is 89.5 Å². The quantitative estimate of drug-likeness (QED) is 0.418. The predicted octanol–water partition coefficient (Wildman–Crippen LogP) is 3.29. The standard InChI is InChI=1S/C21H16F3N3O5S/c22-21(23,24)14-4-3-5-15(12-14)27-33(31,32)16-10-8-13(9-11-16)19(29)25-26-20(30)17-6-1-2-7-18(17)28/h1-12,27-28H,(H,25,29)(H,26,30). The van der Waals surface area contributed by atoms with Gasteiger partial charge in [-0.2, -0.15) is 13.2 Å². The van der Waals surface area contributed by atoms with Gasteiger partial charge in [0.25, 0.3) is 21.8 Å². The van der Waals surface area contributed by atoms with Crippen molar-refractivity contribution >= 4 is 27.5 Å². The molecule has 0 aliphatic heterocycles. The van der Waals surface area contributed by atoms with Crippen LogP contribution in [-0.2, 0) is 16.2 Å². The summed E-state index contributed by atoms with van der Waals surface area (Å²) in [4.78, 5) is 23.9. The first-order valence-electron chi connectivity index (χ1n) is 9.16. The number of para-hydroxylation sites is 1. The van der Waals surface area contributed by atoms with Crippen LogP contribution in [0.4, 0.5) is 18.9 Å². The number of rotatable bonds is 5. The van der Waals surface area contributed by atoms with Gasteiger partial charge >= 0.3 is 6.18 Å². The van der Waals surface area contributed by atoms with Crippen LogP contribution in [-0.4, -0.2) is 25.3 Å². The Hall–Kier alpha value is -4.06. The molecule has 12 heteroatoms. The van der Waals surface area contributed by atoms with Crippen molar-refractivity contribution in [2.75, 3.05) is 4.72 Å². The van der Waals surface area contributed by atoms with Gasteiger partial charge in [-0.1, -0.05) is 18.2 Å². The molecule has 3 rings (SSSR count). The van der Waals surface area contributed by atoms with E-state index in [9.17, 15) is 36.3 Å². The van der Waals surface area contributed by atoms with Crippen molar-refractivity contribution in [2.45, 2.75) is 11.1 Å². The normalized spacial score (nSPS) is 11.5. The van der Waals surface area contributed by atoms with Gasteiger partial charge in [0.2, 0.25) is 0 Å². The number of aromatic hydroxyl groups is 1. The molecule has 0 aliphatic rings. The molecule has 0 radical (unpaired) electrons. The van der Waals surface area contributed by atoms with E-state index < -0.39 is 33.6 Å². The van der Waals surface area contributed by atoms with Gasteiger partial charge < -0.3 is 5.11 Å². The molecule has 3 aromatic carbocycles. The molecule has 2 amide bonds.